The van der Waals surface area contributed by atoms with E-state index in [1.54, 1.807) is 0 Å². The number of aliphatic hydroxyl groups excluding tert-OH is 1. The van der Waals surface area contributed by atoms with Crippen LogP contribution in [0.25, 0.3) is 0 Å². The first kappa shape index (κ1) is 26.8. The lowest BCUT2D eigenvalue weighted by molar-refractivity contribution is -0.908. The first-order chi connectivity index (χ1) is 12.4. The van der Waals surface area contributed by atoms with Gasteiger partial charge in [-0.1, -0.05) is 20.8 Å². The summed E-state index contributed by atoms with van der Waals surface area (Å²) in [6, 6.07) is 0. The van der Waals surface area contributed by atoms with Crippen molar-refractivity contribution >= 4 is 11.8 Å². The van der Waals surface area contributed by atoms with Crippen LogP contribution in [-0.2, 0) is 9.59 Å². The highest BCUT2D eigenvalue weighted by Crippen LogP contribution is 2.19. The van der Waals surface area contributed by atoms with Crippen molar-refractivity contribution in [1.82, 2.24) is 10.6 Å². The number of quaternary nitrogens is 3. The zero-order chi connectivity index (χ0) is 22.4. The van der Waals surface area contributed by atoms with Crippen LogP contribution < -0.4 is 10.6 Å². The molecule has 0 bridgehead atoms. The molecule has 1 atom stereocenters. The number of carbonyl (C=O) groups excluding carboxylic acids is 2. The van der Waals surface area contributed by atoms with Gasteiger partial charge in [0.2, 0.25) is 5.91 Å². The quantitative estimate of drug-likeness (QED) is 0.311. The summed E-state index contributed by atoms with van der Waals surface area (Å²) in [5, 5.41) is 16.2. The monoisotopic (exact) mass is 404 g/mol. The van der Waals surface area contributed by atoms with Gasteiger partial charge in [0, 0.05) is 5.41 Å². The molecule has 0 radical (unpaired) electrons. The van der Waals surface area contributed by atoms with Crippen LogP contribution in [0.1, 0.15) is 27.2 Å². The summed E-state index contributed by atoms with van der Waals surface area (Å²) in [4.78, 5) is 24.6. The molecule has 0 aliphatic heterocycles. The van der Waals surface area contributed by atoms with Gasteiger partial charge in [0.25, 0.3) is 5.91 Å². The minimum Gasteiger partial charge on any atom is -0.382 e. The van der Waals surface area contributed by atoms with Crippen molar-refractivity contribution in [3.63, 3.8) is 0 Å². The highest BCUT2D eigenvalue weighted by Gasteiger charge is 2.29. The molecule has 8 nitrogen and oxygen atoms in total. The molecule has 3 N–H and O–H groups in total. The van der Waals surface area contributed by atoms with Crippen LogP contribution in [0.4, 0.5) is 0 Å². The van der Waals surface area contributed by atoms with Gasteiger partial charge in [0.05, 0.1) is 49.3 Å². The molecule has 28 heavy (non-hydrogen) atoms. The lowest BCUT2D eigenvalue weighted by Crippen LogP contribution is -2.58. The van der Waals surface area contributed by atoms with E-state index in [1.165, 1.54) is 0 Å². The van der Waals surface area contributed by atoms with Gasteiger partial charge in [0.15, 0.2) is 26.0 Å². The molecule has 0 aliphatic carbocycles. The van der Waals surface area contributed by atoms with Gasteiger partial charge in [-0.05, 0) is 6.42 Å². The zero-order valence-electron chi connectivity index (χ0n) is 19.9. The fourth-order valence-electron chi connectivity index (χ4n) is 2.81. The first-order valence-electron chi connectivity index (χ1n) is 10.1. The number of likely N-dealkylation sites (N-methyl/N-ethyl adjacent to an activating group) is 3. The maximum absolute atomic E-state index is 12.4. The van der Waals surface area contributed by atoms with Crippen molar-refractivity contribution in [3.8, 4) is 0 Å². The molecule has 0 spiro atoms. The number of carbonyl (C=O) groups is 2. The second-order valence-corrected chi connectivity index (χ2v) is 11.0. The second kappa shape index (κ2) is 10.0. The lowest BCUT2D eigenvalue weighted by atomic mass is 9.89. The topological polar surface area (TPSA) is 78.4 Å². The van der Waals surface area contributed by atoms with Crippen LogP contribution in [0, 0.1) is 5.41 Å². The average molecular weight is 405 g/mol. The minimum absolute atomic E-state index is 0.00523. The molecule has 1 unspecified atom stereocenters. The Balaban J connectivity index is 4.49. The van der Waals surface area contributed by atoms with E-state index in [4.69, 9.17) is 0 Å². The fraction of sp³-hybridized carbons (Fsp3) is 0.900. The molecular weight excluding hydrogens is 358 g/mol. The summed E-state index contributed by atoms with van der Waals surface area (Å²) in [5.74, 6) is -0.0630. The number of hydrogen-bond acceptors (Lipinski definition) is 3. The molecule has 0 rings (SSSR count). The molecule has 8 heteroatoms. The predicted molar refractivity (Wildman–Crippen MR) is 113 cm³/mol. The smallest absolute Gasteiger partial charge is 0.279 e. The molecule has 166 valence electrons. The van der Waals surface area contributed by atoms with Crippen LogP contribution in [0.3, 0.4) is 0 Å². The van der Waals surface area contributed by atoms with Crippen molar-refractivity contribution in [2.24, 2.45) is 5.41 Å². The third-order valence-electron chi connectivity index (χ3n) is 4.91. The zero-order valence-corrected chi connectivity index (χ0v) is 19.9. The van der Waals surface area contributed by atoms with Gasteiger partial charge in [-0.3, -0.25) is 9.59 Å². The molecule has 0 aromatic heterocycles. The summed E-state index contributed by atoms with van der Waals surface area (Å²) >= 11 is 0. The highest BCUT2D eigenvalue weighted by molar-refractivity contribution is 5.81. The second-order valence-electron chi connectivity index (χ2n) is 11.0. The lowest BCUT2D eigenvalue weighted by Gasteiger charge is -2.35. The summed E-state index contributed by atoms with van der Waals surface area (Å²) in [5.41, 5.74) is -0.406. The standard InChI is InChI=1S/C20H44N5O3/c1-11-20(2,3)19(28)22-16-25(9,10)14-18(27)21-15-24(7,8)13-17(26)12-23(4,5)6/h17,26H,11-16H2,1-10H3/q+1/p+2. The number of aliphatic hydroxyl groups is 1. The maximum atomic E-state index is 12.4. The Morgan fingerprint density at radius 1 is 0.893 bits per heavy atom. The van der Waals surface area contributed by atoms with Gasteiger partial charge in [0.1, 0.15) is 13.1 Å². The number of nitrogens with one attached hydrogen (secondary N) is 2. The van der Waals surface area contributed by atoms with Crippen LogP contribution >= 0.6 is 0 Å². The van der Waals surface area contributed by atoms with Crippen molar-refractivity contribution in [2.45, 2.75) is 33.3 Å². The molecule has 0 saturated heterocycles. The molecule has 0 fully saturated rings. The Morgan fingerprint density at radius 3 is 1.86 bits per heavy atom. The summed E-state index contributed by atoms with van der Waals surface area (Å²) < 4.78 is 1.57. The molecule has 0 heterocycles. The van der Waals surface area contributed by atoms with Crippen LogP contribution in [0.2, 0.25) is 0 Å². The van der Waals surface area contributed by atoms with Crippen molar-refractivity contribution in [3.05, 3.63) is 0 Å². The summed E-state index contributed by atoms with van der Waals surface area (Å²) in [6.45, 7) is 8.17. The molecule has 0 aromatic rings. The van der Waals surface area contributed by atoms with Crippen LogP contribution in [-0.4, -0.2) is 119 Å². The Bertz CT molecular complexity index is 524. The summed E-state index contributed by atoms with van der Waals surface area (Å²) in [7, 11) is 14.0. The van der Waals surface area contributed by atoms with Crippen molar-refractivity contribution in [2.75, 3.05) is 82.3 Å². The van der Waals surface area contributed by atoms with E-state index in [2.05, 4.69) is 10.6 Å². The van der Waals surface area contributed by atoms with E-state index in [9.17, 15) is 14.7 Å². The first-order valence-corrected chi connectivity index (χ1v) is 10.1. The molecule has 0 saturated carbocycles. The fourth-order valence-corrected chi connectivity index (χ4v) is 2.81. The van der Waals surface area contributed by atoms with E-state index >= 15 is 0 Å². The van der Waals surface area contributed by atoms with E-state index in [0.29, 0.717) is 39.9 Å². The predicted octanol–water partition coefficient (Wildman–Crippen LogP) is -0.210. The molecule has 0 aliphatic rings. The molecule has 2 amide bonds. The van der Waals surface area contributed by atoms with Gasteiger partial charge in [-0.2, -0.15) is 0 Å². The third-order valence-corrected chi connectivity index (χ3v) is 4.91. The summed E-state index contributed by atoms with van der Waals surface area (Å²) in [6.07, 6.45) is 0.330. The number of nitrogens with zero attached hydrogens (tertiary/aromatic N) is 3. The third kappa shape index (κ3) is 11.6. The van der Waals surface area contributed by atoms with Crippen LogP contribution in [0.15, 0.2) is 0 Å². The normalized spacial score (nSPS) is 14.5. The number of amides is 2. The van der Waals surface area contributed by atoms with E-state index < -0.39 is 11.5 Å². The largest absolute Gasteiger partial charge is 0.382 e. The number of hydrogen-bond donors (Lipinski definition) is 3. The van der Waals surface area contributed by atoms with E-state index in [0.717, 1.165) is 6.42 Å². The van der Waals surface area contributed by atoms with E-state index in [1.807, 2.05) is 70.1 Å². The minimum atomic E-state index is -0.434. The van der Waals surface area contributed by atoms with Gasteiger partial charge < -0.3 is 29.2 Å². The van der Waals surface area contributed by atoms with Gasteiger partial charge in [-0.25, -0.2) is 0 Å². The molecular formula is C20H46N5O3+3. The highest BCUT2D eigenvalue weighted by atomic mass is 16.3. The Labute approximate surface area is 172 Å². The van der Waals surface area contributed by atoms with Crippen molar-refractivity contribution < 1.29 is 28.1 Å². The Kier molecular flexibility index (Phi) is 9.57. The number of rotatable bonds is 12. The average Bonchev–Trinajstić information content (AvgIpc) is 2.47. The Morgan fingerprint density at radius 2 is 1.39 bits per heavy atom. The Hall–Kier alpha value is -1.22. The van der Waals surface area contributed by atoms with Crippen LogP contribution in [0.5, 0.6) is 0 Å². The van der Waals surface area contributed by atoms with Gasteiger partial charge in [-0.15, -0.1) is 0 Å². The molecule has 0 aromatic carbocycles. The maximum Gasteiger partial charge on any atom is 0.279 e. The van der Waals surface area contributed by atoms with E-state index in [-0.39, 0.29) is 18.4 Å². The van der Waals surface area contributed by atoms with Gasteiger partial charge >= 0.3 is 0 Å². The SMILES string of the molecule is CCC(C)(C)C(=O)NC[N+](C)(C)CC(=O)NC[N+](C)(C)CC(O)C[N+](C)(C)C. The van der Waals surface area contributed by atoms with Crippen molar-refractivity contribution in [1.29, 1.82) is 0 Å².